The smallest absolute Gasteiger partial charge is 0.351 e. The Balaban J connectivity index is 1.70. The van der Waals surface area contributed by atoms with Crippen LogP contribution in [0.15, 0.2) is 41.3 Å². The molecule has 1 aliphatic heterocycles. The number of rotatable bonds is 9. The van der Waals surface area contributed by atoms with Gasteiger partial charge in [0.15, 0.2) is 0 Å². The maximum absolute atomic E-state index is 12.7. The average Bonchev–Trinajstić information content (AvgIpc) is 3.07. The van der Waals surface area contributed by atoms with Crippen LogP contribution in [0.2, 0.25) is 0 Å². The number of nitrogen functional groups attached to an aromatic ring is 1. The summed E-state index contributed by atoms with van der Waals surface area (Å²) in [5, 5.41) is 12.5. The van der Waals surface area contributed by atoms with E-state index < -0.39 is 11.9 Å². The van der Waals surface area contributed by atoms with Crippen LogP contribution in [0.1, 0.15) is 55.3 Å². The van der Waals surface area contributed by atoms with Gasteiger partial charge in [-0.25, -0.2) is 4.79 Å². The Hall–Kier alpha value is -2.71. The van der Waals surface area contributed by atoms with Crippen molar-refractivity contribution in [1.29, 1.82) is 0 Å². The van der Waals surface area contributed by atoms with Crippen molar-refractivity contribution in [3.05, 3.63) is 58.1 Å². The molecule has 8 heteroatoms. The lowest BCUT2D eigenvalue weighted by Gasteiger charge is -2.21. The summed E-state index contributed by atoms with van der Waals surface area (Å²) in [6.45, 7) is 4.43. The summed E-state index contributed by atoms with van der Waals surface area (Å²) < 4.78 is 7.31. The number of nitrogens with zero attached hydrogens (tertiary/aromatic N) is 2. The van der Waals surface area contributed by atoms with Crippen molar-refractivity contribution in [1.82, 2.24) is 14.9 Å². The van der Waals surface area contributed by atoms with E-state index in [1.165, 1.54) is 16.3 Å². The second-order valence-electron chi connectivity index (χ2n) is 8.13. The number of carbonyl (C=O) groups excluding carboxylic acids is 1. The summed E-state index contributed by atoms with van der Waals surface area (Å²) in [5.41, 5.74) is 6.67. The molecule has 31 heavy (non-hydrogen) atoms. The predicted molar refractivity (Wildman–Crippen MR) is 119 cm³/mol. The molecule has 0 saturated carbocycles. The number of hydrogen-bond acceptors (Lipinski definition) is 6. The summed E-state index contributed by atoms with van der Waals surface area (Å²) >= 11 is 0. The molecule has 3 rings (SSSR count). The van der Waals surface area contributed by atoms with Crippen molar-refractivity contribution >= 4 is 11.7 Å². The Morgan fingerprint density at radius 3 is 2.74 bits per heavy atom. The van der Waals surface area contributed by atoms with Gasteiger partial charge in [0.05, 0.1) is 18.3 Å². The molecule has 168 valence electrons. The van der Waals surface area contributed by atoms with Crippen molar-refractivity contribution in [3.8, 4) is 0 Å². The molecule has 1 aliphatic rings. The first-order valence-corrected chi connectivity index (χ1v) is 10.9. The SMILES string of the molecule is CCCC1C(CO)OC(n2cc(C(=O)NCCCc3ccccc3)c(N)nc2=O)C1C. The van der Waals surface area contributed by atoms with Gasteiger partial charge in [0.25, 0.3) is 5.91 Å². The van der Waals surface area contributed by atoms with Crippen LogP contribution in [0.5, 0.6) is 0 Å². The number of nitrogens with two attached hydrogens (primary N) is 1. The lowest BCUT2D eigenvalue weighted by Crippen LogP contribution is -2.34. The van der Waals surface area contributed by atoms with Gasteiger partial charge >= 0.3 is 5.69 Å². The van der Waals surface area contributed by atoms with E-state index in [0.29, 0.717) is 6.54 Å². The van der Waals surface area contributed by atoms with Crippen LogP contribution in [0.4, 0.5) is 5.82 Å². The Bertz CT molecular complexity index is 931. The first-order chi connectivity index (χ1) is 15.0. The largest absolute Gasteiger partial charge is 0.394 e. The van der Waals surface area contributed by atoms with Crippen LogP contribution < -0.4 is 16.7 Å². The molecule has 0 spiro atoms. The normalized spacial score (nSPS) is 23.1. The number of ether oxygens (including phenoxy) is 1. The molecule has 1 amide bonds. The summed E-state index contributed by atoms with van der Waals surface area (Å²) in [5.74, 6) is -0.362. The fraction of sp³-hybridized carbons (Fsp3) is 0.522. The van der Waals surface area contributed by atoms with Crippen LogP contribution in [-0.4, -0.2) is 39.8 Å². The third-order valence-corrected chi connectivity index (χ3v) is 5.99. The zero-order chi connectivity index (χ0) is 22.4. The number of nitrogens with one attached hydrogen (secondary N) is 1. The highest BCUT2D eigenvalue weighted by Gasteiger charge is 2.42. The average molecular weight is 429 g/mol. The molecule has 4 N–H and O–H groups in total. The number of benzene rings is 1. The minimum Gasteiger partial charge on any atom is -0.394 e. The fourth-order valence-electron chi connectivity index (χ4n) is 4.31. The standard InChI is InChI=1S/C23H32N4O4/c1-3-8-17-15(2)22(31-19(17)14-28)27-13-18(20(24)26-23(27)30)21(29)25-12-7-11-16-9-5-4-6-10-16/h4-6,9-10,13,15,17,19,22,28H,3,7-8,11-12,14H2,1-2H3,(H,25,29)(H2,24,26,30). The summed E-state index contributed by atoms with van der Waals surface area (Å²) in [7, 11) is 0. The summed E-state index contributed by atoms with van der Waals surface area (Å²) in [6.07, 6.45) is 3.95. The number of anilines is 1. The maximum atomic E-state index is 12.7. The number of aryl methyl sites for hydroxylation is 1. The van der Waals surface area contributed by atoms with Gasteiger partial charge in [-0.1, -0.05) is 50.6 Å². The monoisotopic (exact) mass is 428 g/mol. The first kappa shape index (κ1) is 23.0. The molecule has 8 nitrogen and oxygen atoms in total. The van der Waals surface area contributed by atoms with E-state index in [1.807, 2.05) is 37.3 Å². The third-order valence-electron chi connectivity index (χ3n) is 5.99. The molecule has 2 aromatic rings. The number of aliphatic hydroxyl groups is 1. The molecule has 1 saturated heterocycles. The van der Waals surface area contributed by atoms with E-state index in [2.05, 4.69) is 17.2 Å². The molecule has 1 aromatic carbocycles. The molecule has 0 aliphatic carbocycles. The number of aliphatic hydroxyl groups excluding tert-OH is 1. The van der Waals surface area contributed by atoms with Crippen molar-refractivity contribution in [2.45, 2.75) is 51.9 Å². The fourth-order valence-corrected chi connectivity index (χ4v) is 4.31. The van der Waals surface area contributed by atoms with Crippen LogP contribution in [-0.2, 0) is 11.2 Å². The lowest BCUT2D eigenvalue weighted by molar-refractivity contribution is -0.0387. The highest BCUT2D eigenvalue weighted by molar-refractivity contribution is 5.97. The van der Waals surface area contributed by atoms with Gasteiger partial charge in [-0.2, -0.15) is 4.98 Å². The lowest BCUT2D eigenvalue weighted by atomic mass is 9.87. The topological polar surface area (TPSA) is 119 Å². The van der Waals surface area contributed by atoms with Gasteiger partial charge in [0.2, 0.25) is 0 Å². The molecule has 2 heterocycles. The Morgan fingerprint density at radius 2 is 2.06 bits per heavy atom. The molecule has 0 radical (unpaired) electrons. The van der Waals surface area contributed by atoms with Crippen LogP contribution in [0.25, 0.3) is 0 Å². The third kappa shape index (κ3) is 5.32. The highest BCUT2D eigenvalue weighted by atomic mass is 16.5. The molecular formula is C23H32N4O4. The second-order valence-corrected chi connectivity index (χ2v) is 8.13. The van der Waals surface area contributed by atoms with Gasteiger partial charge in [0.1, 0.15) is 12.0 Å². The molecule has 1 aromatic heterocycles. The van der Waals surface area contributed by atoms with Gasteiger partial charge < -0.3 is 20.9 Å². The van der Waals surface area contributed by atoms with E-state index in [-0.39, 0.29) is 41.8 Å². The Morgan fingerprint density at radius 1 is 1.32 bits per heavy atom. The van der Waals surface area contributed by atoms with E-state index in [0.717, 1.165) is 25.7 Å². The van der Waals surface area contributed by atoms with Crippen molar-refractivity contribution in [2.24, 2.45) is 11.8 Å². The van der Waals surface area contributed by atoms with Crippen LogP contribution >= 0.6 is 0 Å². The van der Waals surface area contributed by atoms with Crippen LogP contribution in [0.3, 0.4) is 0 Å². The zero-order valence-corrected chi connectivity index (χ0v) is 18.2. The van der Waals surface area contributed by atoms with Gasteiger partial charge in [-0.05, 0) is 30.7 Å². The molecule has 1 fully saturated rings. The van der Waals surface area contributed by atoms with E-state index in [4.69, 9.17) is 10.5 Å². The van der Waals surface area contributed by atoms with Gasteiger partial charge in [-0.3, -0.25) is 9.36 Å². The first-order valence-electron chi connectivity index (χ1n) is 10.9. The number of carbonyl (C=O) groups is 1. The second kappa shape index (κ2) is 10.5. The zero-order valence-electron chi connectivity index (χ0n) is 18.2. The van der Waals surface area contributed by atoms with Crippen molar-refractivity contribution in [2.75, 3.05) is 18.9 Å². The van der Waals surface area contributed by atoms with E-state index in [9.17, 15) is 14.7 Å². The summed E-state index contributed by atoms with van der Waals surface area (Å²) in [6, 6.07) is 10.0. The van der Waals surface area contributed by atoms with E-state index >= 15 is 0 Å². The maximum Gasteiger partial charge on any atom is 0.351 e. The number of amides is 1. The summed E-state index contributed by atoms with van der Waals surface area (Å²) in [4.78, 5) is 29.1. The molecule has 4 unspecified atom stereocenters. The van der Waals surface area contributed by atoms with E-state index in [1.54, 1.807) is 0 Å². The minimum atomic E-state index is -0.598. The Kier molecular flexibility index (Phi) is 7.81. The Labute approximate surface area is 182 Å². The molecular weight excluding hydrogens is 396 g/mol. The predicted octanol–water partition coefficient (Wildman–Crippen LogP) is 2.13. The van der Waals surface area contributed by atoms with Gasteiger partial charge in [0, 0.05) is 18.7 Å². The van der Waals surface area contributed by atoms with Crippen LogP contribution in [0, 0.1) is 11.8 Å². The number of hydrogen-bond donors (Lipinski definition) is 3. The highest BCUT2D eigenvalue weighted by Crippen LogP contribution is 2.40. The minimum absolute atomic E-state index is 0.0120. The van der Waals surface area contributed by atoms with Crippen molar-refractivity contribution in [3.63, 3.8) is 0 Å². The van der Waals surface area contributed by atoms with Gasteiger partial charge in [-0.15, -0.1) is 0 Å². The molecule has 0 bridgehead atoms. The number of aromatic nitrogens is 2. The molecule has 4 atom stereocenters. The quantitative estimate of drug-likeness (QED) is 0.527. The van der Waals surface area contributed by atoms with Crippen molar-refractivity contribution < 1.29 is 14.6 Å².